The molecule has 1 aliphatic carbocycles. The van der Waals surface area contributed by atoms with Crippen molar-refractivity contribution in [3.8, 4) is 0 Å². The average molecular weight is 447 g/mol. The van der Waals surface area contributed by atoms with E-state index in [2.05, 4.69) is 17.2 Å². The molecular weight excluding hydrogens is 417 g/mol. The Morgan fingerprint density at radius 1 is 1.42 bits per heavy atom. The summed E-state index contributed by atoms with van der Waals surface area (Å²) in [6.45, 7) is 9.13. The van der Waals surface area contributed by atoms with Crippen LogP contribution < -0.4 is 10.6 Å². The molecule has 1 heterocycles. The van der Waals surface area contributed by atoms with Gasteiger partial charge in [0.25, 0.3) is 0 Å². The van der Waals surface area contributed by atoms with E-state index in [0.29, 0.717) is 5.41 Å². The second-order valence-electron chi connectivity index (χ2n) is 6.47. The number of guanidine groups is 1. The molecule has 1 fully saturated rings. The number of furan rings is 1. The summed E-state index contributed by atoms with van der Waals surface area (Å²) in [4.78, 5) is 4.77. The first-order valence-corrected chi connectivity index (χ1v) is 8.31. The van der Waals surface area contributed by atoms with E-state index in [4.69, 9.17) is 14.1 Å². The SMILES string of the molecule is C=C(C)CNC(=NCC1(CCOC)CC1)NCCc1ccco1.I. The van der Waals surface area contributed by atoms with Gasteiger partial charge in [-0.25, -0.2) is 0 Å². The van der Waals surface area contributed by atoms with Crippen molar-refractivity contribution in [1.82, 2.24) is 10.6 Å². The highest BCUT2D eigenvalue weighted by Gasteiger charge is 2.41. The zero-order chi connectivity index (χ0) is 16.5. The fraction of sp³-hybridized carbons (Fsp3) is 0.611. The number of hydrogen-bond donors (Lipinski definition) is 2. The van der Waals surface area contributed by atoms with Crippen LogP contribution in [0.1, 0.15) is 31.9 Å². The lowest BCUT2D eigenvalue weighted by Crippen LogP contribution is -2.39. The predicted molar refractivity (Wildman–Crippen MR) is 109 cm³/mol. The molecular formula is C18H30IN3O2. The van der Waals surface area contributed by atoms with E-state index in [9.17, 15) is 0 Å². The first kappa shape index (κ1) is 21.0. The Morgan fingerprint density at radius 3 is 2.79 bits per heavy atom. The Balaban J connectivity index is 0.00000288. The summed E-state index contributed by atoms with van der Waals surface area (Å²) in [5.41, 5.74) is 1.44. The van der Waals surface area contributed by atoms with Gasteiger partial charge in [0.05, 0.1) is 6.26 Å². The molecule has 24 heavy (non-hydrogen) atoms. The second kappa shape index (κ2) is 10.8. The van der Waals surface area contributed by atoms with Crippen molar-refractivity contribution in [3.63, 3.8) is 0 Å². The quantitative estimate of drug-likeness (QED) is 0.250. The van der Waals surface area contributed by atoms with Crippen molar-refractivity contribution in [1.29, 1.82) is 0 Å². The van der Waals surface area contributed by atoms with Crippen LogP contribution in [0.3, 0.4) is 0 Å². The summed E-state index contributed by atoms with van der Waals surface area (Å²) in [5.74, 6) is 1.83. The standard InChI is InChI=1S/C18H29N3O2.HI/c1-15(2)13-20-17(19-10-6-16-5-4-11-23-16)21-14-18(7-8-18)9-12-22-3;/h4-5,11H,1,6-10,12-14H2,2-3H3,(H2,19,20,21);1H. The maximum absolute atomic E-state index is 5.35. The molecule has 1 saturated carbocycles. The average Bonchev–Trinajstić information content (AvgIpc) is 3.11. The van der Waals surface area contributed by atoms with Gasteiger partial charge in [-0.2, -0.15) is 0 Å². The highest BCUT2D eigenvalue weighted by atomic mass is 127. The molecule has 0 saturated heterocycles. The fourth-order valence-corrected chi connectivity index (χ4v) is 2.40. The van der Waals surface area contributed by atoms with Gasteiger partial charge in [-0.3, -0.25) is 4.99 Å². The lowest BCUT2D eigenvalue weighted by Gasteiger charge is -2.15. The van der Waals surface area contributed by atoms with Crippen LogP contribution in [-0.4, -0.2) is 39.3 Å². The minimum atomic E-state index is 0. The van der Waals surface area contributed by atoms with Crippen LogP contribution in [0, 0.1) is 5.41 Å². The molecule has 0 unspecified atom stereocenters. The summed E-state index contributed by atoms with van der Waals surface area (Å²) in [5, 5.41) is 6.71. The van der Waals surface area contributed by atoms with E-state index in [1.165, 1.54) is 12.8 Å². The van der Waals surface area contributed by atoms with Gasteiger partial charge in [0, 0.05) is 39.8 Å². The highest BCUT2D eigenvalue weighted by molar-refractivity contribution is 14.0. The van der Waals surface area contributed by atoms with Crippen molar-refractivity contribution < 1.29 is 9.15 Å². The van der Waals surface area contributed by atoms with Crippen LogP contribution in [0.5, 0.6) is 0 Å². The Morgan fingerprint density at radius 2 is 2.21 bits per heavy atom. The number of methoxy groups -OCH3 is 1. The summed E-state index contributed by atoms with van der Waals surface area (Å²) in [7, 11) is 1.76. The van der Waals surface area contributed by atoms with Gasteiger partial charge in [-0.15, -0.1) is 24.0 Å². The Kier molecular flexibility index (Phi) is 9.43. The zero-order valence-corrected chi connectivity index (χ0v) is 17.1. The highest BCUT2D eigenvalue weighted by Crippen LogP contribution is 2.48. The smallest absolute Gasteiger partial charge is 0.191 e. The monoisotopic (exact) mass is 447 g/mol. The normalized spacial score (nSPS) is 15.5. The first-order valence-electron chi connectivity index (χ1n) is 8.31. The summed E-state index contributed by atoms with van der Waals surface area (Å²) in [6.07, 6.45) is 6.14. The van der Waals surface area contributed by atoms with E-state index >= 15 is 0 Å². The van der Waals surface area contributed by atoms with E-state index in [-0.39, 0.29) is 24.0 Å². The van der Waals surface area contributed by atoms with Crippen LogP contribution >= 0.6 is 24.0 Å². The van der Waals surface area contributed by atoms with Gasteiger partial charge in [-0.05, 0) is 43.7 Å². The molecule has 0 radical (unpaired) electrons. The molecule has 2 rings (SSSR count). The molecule has 0 bridgehead atoms. The van der Waals surface area contributed by atoms with Crippen molar-refractivity contribution in [2.24, 2.45) is 10.4 Å². The molecule has 0 aromatic carbocycles. The van der Waals surface area contributed by atoms with Crippen LogP contribution in [-0.2, 0) is 11.2 Å². The Labute approximate surface area is 162 Å². The summed E-state index contributed by atoms with van der Waals surface area (Å²) >= 11 is 0. The number of halogens is 1. The number of aliphatic imine (C=N–C) groups is 1. The molecule has 1 aliphatic rings. The van der Waals surface area contributed by atoms with E-state index < -0.39 is 0 Å². The molecule has 1 aromatic heterocycles. The van der Waals surface area contributed by atoms with Crippen molar-refractivity contribution in [3.05, 3.63) is 36.3 Å². The van der Waals surface area contributed by atoms with Crippen molar-refractivity contribution >= 4 is 29.9 Å². The number of nitrogens with one attached hydrogen (secondary N) is 2. The second-order valence-corrected chi connectivity index (χ2v) is 6.47. The number of ether oxygens (including phenoxy) is 1. The lowest BCUT2D eigenvalue weighted by atomic mass is 10.0. The van der Waals surface area contributed by atoms with Gasteiger partial charge < -0.3 is 19.8 Å². The fourth-order valence-electron chi connectivity index (χ4n) is 2.40. The van der Waals surface area contributed by atoms with Gasteiger partial charge in [0.2, 0.25) is 0 Å². The summed E-state index contributed by atoms with van der Waals surface area (Å²) < 4.78 is 10.6. The summed E-state index contributed by atoms with van der Waals surface area (Å²) in [6, 6.07) is 3.90. The minimum absolute atomic E-state index is 0. The molecule has 0 amide bonds. The van der Waals surface area contributed by atoms with Crippen LogP contribution in [0.4, 0.5) is 0 Å². The van der Waals surface area contributed by atoms with Crippen LogP contribution in [0.2, 0.25) is 0 Å². The van der Waals surface area contributed by atoms with Gasteiger partial charge in [0.15, 0.2) is 5.96 Å². The number of nitrogens with zero attached hydrogens (tertiary/aromatic N) is 1. The minimum Gasteiger partial charge on any atom is -0.469 e. The van der Waals surface area contributed by atoms with Crippen molar-refractivity contribution in [2.45, 2.75) is 32.6 Å². The molecule has 6 heteroatoms. The van der Waals surface area contributed by atoms with Crippen LogP contribution in [0.15, 0.2) is 40.0 Å². The third-order valence-electron chi connectivity index (χ3n) is 4.17. The van der Waals surface area contributed by atoms with Gasteiger partial charge in [0.1, 0.15) is 5.76 Å². The number of hydrogen-bond acceptors (Lipinski definition) is 3. The molecule has 136 valence electrons. The van der Waals surface area contributed by atoms with E-state index in [0.717, 1.165) is 56.4 Å². The van der Waals surface area contributed by atoms with Gasteiger partial charge in [-0.1, -0.05) is 12.2 Å². The third kappa shape index (κ3) is 7.70. The topological polar surface area (TPSA) is 58.8 Å². The largest absolute Gasteiger partial charge is 0.469 e. The Hall–Kier alpha value is -1.02. The van der Waals surface area contributed by atoms with Crippen molar-refractivity contribution in [2.75, 3.05) is 33.4 Å². The molecule has 1 aromatic rings. The third-order valence-corrected chi connectivity index (χ3v) is 4.17. The maximum Gasteiger partial charge on any atom is 0.191 e. The van der Waals surface area contributed by atoms with Crippen LogP contribution in [0.25, 0.3) is 0 Å². The maximum atomic E-state index is 5.35. The molecule has 5 nitrogen and oxygen atoms in total. The molecule has 0 spiro atoms. The molecule has 0 atom stereocenters. The first-order chi connectivity index (χ1) is 11.1. The Bertz CT molecular complexity index is 510. The predicted octanol–water partition coefficient (Wildman–Crippen LogP) is 3.37. The zero-order valence-electron chi connectivity index (χ0n) is 14.8. The molecule has 2 N–H and O–H groups in total. The lowest BCUT2D eigenvalue weighted by molar-refractivity contribution is 0.174. The molecule has 0 aliphatic heterocycles. The van der Waals surface area contributed by atoms with Gasteiger partial charge >= 0.3 is 0 Å². The van der Waals surface area contributed by atoms with E-state index in [1.807, 2.05) is 19.1 Å². The number of rotatable bonds is 10. The van der Waals surface area contributed by atoms with E-state index in [1.54, 1.807) is 13.4 Å².